The Morgan fingerprint density at radius 1 is 1.47 bits per heavy atom. The smallest absolute Gasteiger partial charge is 0.317 e. The molecule has 2 amide bonds. The van der Waals surface area contributed by atoms with Gasteiger partial charge in [0, 0.05) is 26.1 Å². The van der Waals surface area contributed by atoms with Crippen LogP contribution in [0.4, 0.5) is 4.79 Å². The number of carbonyl (C=O) groups is 2. The van der Waals surface area contributed by atoms with E-state index in [-0.39, 0.29) is 12.5 Å². The molecule has 0 aromatic heterocycles. The highest BCUT2D eigenvalue weighted by atomic mass is 16.4. The molecule has 0 aromatic rings. The van der Waals surface area contributed by atoms with Crippen molar-refractivity contribution in [3.8, 4) is 0 Å². The summed E-state index contributed by atoms with van der Waals surface area (Å²) in [5.41, 5.74) is 0. The van der Waals surface area contributed by atoms with Crippen molar-refractivity contribution in [2.75, 3.05) is 19.6 Å². The van der Waals surface area contributed by atoms with Crippen molar-refractivity contribution in [2.24, 2.45) is 0 Å². The number of hydrogen-bond acceptors (Lipinski definition) is 3. The highest BCUT2D eigenvalue weighted by Gasteiger charge is 2.23. The predicted molar refractivity (Wildman–Crippen MR) is 52.5 cm³/mol. The normalized spacial score (nSPS) is 20.3. The SMILES string of the molecule is O=C(O)CCCNC(=O)N1CCC(O)C1. The molecule has 1 heterocycles. The minimum Gasteiger partial charge on any atom is -0.481 e. The van der Waals surface area contributed by atoms with E-state index in [1.165, 1.54) is 4.90 Å². The molecule has 1 fully saturated rings. The van der Waals surface area contributed by atoms with Gasteiger partial charge in [-0.3, -0.25) is 4.79 Å². The van der Waals surface area contributed by atoms with Gasteiger partial charge in [0.2, 0.25) is 0 Å². The molecule has 0 bridgehead atoms. The molecule has 0 aromatic carbocycles. The Morgan fingerprint density at radius 3 is 2.73 bits per heavy atom. The van der Waals surface area contributed by atoms with Gasteiger partial charge in [0.15, 0.2) is 0 Å². The molecule has 1 saturated heterocycles. The molecule has 86 valence electrons. The van der Waals surface area contributed by atoms with Crippen LogP contribution >= 0.6 is 0 Å². The van der Waals surface area contributed by atoms with E-state index in [9.17, 15) is 14.7 Å². The minimum atomic E-state index is -0.860. The van der Waals surface area contributed by atoms with Crippen molar-refractivity contribution < 1.29 is 19.8 Å². The summed E-state index contributed by atoms with van der Waals surface area (Å²) in [6.07, 6.45) is 0.679. The summed E-state index contributed by atoms with van der Waals surface area (Å²) in [7, 11) is 0. The number of carboxylic acid groups (broad SMARTS) is 1. The lowest BCUT2D eigenvalue weighted by atomic mass is 10.3. The maximum absolute atomic E-state index is 11.4. The third kappa shape index (κ3) is 4.16. The fourth-order valence-corrected chi connectivity index (χ4v) is 1.47. The van der Waals surface area contributed by atoms with E-state index < -0.39 is 12.1 Å². The van der Waals surface area contributed by atoms with Gasteiger partial charge in [-0.1, -0.05) is 0 Å². The number of carbonyl (C=O) groups excluding carboxylic acids is 1. The Bertz CT molecular complexity index is 244. The Hall–Kier alpha value is -1.30. The molecule has 0 spiro atoms. The average molecular weight is 216 g/mol. The number of aliphatic carboxylic acids is 1. The van der Waals surface area contributed by atoms with E-state index in [1.807, 2.05) is 0 Å². The molecule has 1 rings (SSSR count). The van der Waals surface area contributed by atoms with Crippen LogP contribution in [0.1, 0.15) is 19.3 Å². The van der Waals surface area contributed by atoms with Crippen molar-refractivity contribution in [2.45, 2.75) is 25.4 Å². The van der Waals surface area contributed by atoms with Crippen LogP contribution in [0.2, 0.25) is 0 Å². The number of nitrogens with zero attached hydrogens (tertiary/aromatic N) is 1. The first-order valence-electron chi connectivity index (χ1n) is 5.02. The van der Waals surface area contributed by atoms with Gasteiger partial charge in [-0.25, -0.2) is 4.79 Å². The second-order valence-electron chi connectivity index (χ2n) is 3.62. The number of nitrogens with one attached hydrogen (secondary N) is 1. The zero-order chi connectivity index (χ0) is 11.3. The molecule has 1 aliphatic heterocycles. The summed E-state index contributed by atoms with van der Waals surface area (Å²) in [6.45, 7) is 1.29. The van der Waals surface area contributed by atoms with Gasteiger partial charge in [0.25, 0.3) is 0 Å². The molecule has 0 aliphatic carbocycles. The summed E-state index contributed by atoms with van der Waals surface area (Å²) in [6, 6.07) is -0.225. The van der Waals surface area contributed by atoms with Crippen LogP contribution in [0.15, 0.2) is 0 Å². The van der Waals surface area contributed by atoms with Crippen LogP contribution in [0.5, 0.6) is 0 Å². The molecule has 1 aliphatic rings. The van der Waals surface area contributed by atoms with Crippen LogP contribution < -0.4 is 5.32 Å². The lowest BCUT2D eigenvalue weighted by Crippen LogP contribution is -2.39. The lowest BCUT2D eigenvalue weighted by molar-refractivity contribution is -0.137. The lowest BCUT2D eigenvalue weighted by Gasteiger charge is -2.15. The monoisotopic (exact) mass is 216 g/mol. The van der Waals surface area contributed by atoms with Gasteiger partial charge >= 0.3 is 12.0 Å². The van der Waals surface area contributed by atoms with Gasteiger partial charge < -0.3 is 20.4 Å². The number of hydrogen-bond donors (Lipinski definition) is 3. The zero-order valence-electron chi connectivity index (χ0n) is 8.48. The van der Waals surface area contributed by atoms with E-state index in [0.29, 0.717) is 32.5 Å². The van der Waals surface area contributed by atoms with E-state index in [1.54, 1.807) is 0 Å². The summed E-state index contributed by atoms with van der Waals surface area (Å²) in [5.74, 6) is -0.860. The van der Waals surface area contributed by atoms with Crippen molar-refractivity contribution in [1.82, 2.24) is 10.2 Å². The zero-order valence-corrected chi connectivity index (χ0v) is 8.48. The molecule has 3 N–H and O–H groups in total. The average Bonchev–Trinajstić information content (AvgIpc) is 2.59. The summed E-state index contributed by atoms with van der Waals surface area (Å²) in [4.78, 5) is 23.1. The fraction of sp³-hybridized carbons (Fsp3) is 0.778. The molecule has 15 heavy (non-hydrogen) atoms. The molecule has 1 unspecified atom stereocenters. The van der Waals surface area contributed by atoms with Gasteiger partial charge in [-0.15, -0.1) is 0 Å². The first kappa shape index (κ1) is 11.8. The van der Waals surface area contributed by atoms with Crippen LogP contribution in [-0.4, -0.2) is 52.9 Å². The predicted octanol–water partition coefficient (Wildman–Crippen LogP) is -0.373. The summed E-state index contributed by atoms with van der Waals surface area (Å²) in [5, 5.41) is 20.2. The Balaban J connectivity index is 2.11. The van der Waals surface area contributed by atoms with E-state index in [2.05, 4.69) is 5.32 Å². The standard InChI is InChI=1S/C9H16N2O4/c12-7-3-5-11(6-7)9(15)10-4-1-2-8(13)14/h7,12H,1-6H2,(H,10,15)(H,13,14). The van der Waals surface area contributed by atoms with Gasteiger partial charge in [0.1, 0.15) is 0 Å². The quantitative estimate of drug-likeness (QED) is 0.559. The van der Waals surface area contributed by atoms with Crippen molar-refractivity contribution in [3.05, 3.63) is 0 Å². The number of amides is 2. The molecule has 6 heteroatoms. The van der Waals surface area contributed by atoms with E-state index in [0.717, 1.165) is 0 Å². The summed E-state index contributed by atoms with van der Waals surface area (Å²) >= 11 is 0. The largest absolute Gasteiger partial charge is 0.481 e. The number of β-amino-alcohol motifs (C(OH)–C–C–N with tert-alkyl or cyclic N) is 1. The third-order valence-electron chi connectivity index (χ3n) is 2.29. The third-order valence-corrected chi connectivity index (χ3v) is 2.29. The molecular formula is C9H16N2O4. The van der Waals surface area contributed by atoms with Crippen molar-refractivity contribution in [3.63, 3.8) is 0 Å². The Morgan fingerprint density at radius 2 is 2.20 bits per heavy atom. The summed E-state index contributed by atoms with van der Waals surface area (Å²) < 4.78 is 0. The molecular weight excluding hydrogens is 200 g/mol. The molecule has 6 nitrogen and oxygen atoms in total. The second-order valence-corrected chi connectivity index (χ2v) is 3.62. The second kappa shape index (κ2) is 5.55. The first-order chi connectivity index (χ1) is 7.09. The topological polar surface area (TPSA) is 89.9 Å². The number of likely N-dealkylation sites (tertiary alicyclic amines) is 1. The van der Waals surface area contributed by atoms with Crippen LogP contribution in [0.25, 0.3) is 0 Å². The van der Waals surface area contributed by atoms with Crippen LogP contribution in [-0.2, 0) is 4.79 Å². The minimum absolute atomic E-state index is 0.0584. The highest BCUT2D eigenvalue weighted by Crippen LogP contribution is 2.08. The van der Waals surface area contributed by atoms with Gasteiger partial charge in [-0.2, -0.15) is 0 Å². The fourth-order valence-electron chi connectivity index (χ4n) is 1.47. The number of aliphatic hydroxyl groups excluding tert-OH is 1. The maximum atomic E-state index is 11.4. The van der Waals surface area contributed by atoms with Gasteiger partial charge in [-0.05, 0) is 12.8 Å². The molecule has 0 saturated carbocycles. The molecule has 0 radical (unpaired) electrons. The van der Waals surface area contributed by atoms with Crippen LogP contribution in [0, 0.1) is 0 Å². The van der Waals surface area contributed by atoms with Crippen molar-refractivity contribution in [1.29, 1.82) is 0 Å². The van der Waals surface area contributed by atoms with E-state index in [4.69, 9.17) is 5.11 Å². The number of rotatable bonds is 4. The highest BCUT2D eigenvalue weighted by molar-refractivity contribution is 5.74. The first-order valence-corrected chi connectivity index (χ1v) is 5.02. The maximum Gasteiger partial charge on any atom is 0.317 e. The van der Waals surface area contributed by atoms with E-state index >= 15 is 0 Å². The molecule has 1 atom stereocenters. The Labute approximate surface area is 87.9 Å². The van der Waals surface area contributed by atoms with Crippen molar-refractivity contribution >= 4 is 12.0 Å². The number of carboxylic acids is 1. The number of aliphatic hydroxyl groups is 1. The number of urea groups is 1. The van der Waals surface area contributed by atoms with Crippen LogP contribution in [0.3, 0.4) is 0 Å². The Kier molecular flexibility index (Phi) is 4.36. The van der Waals surface area contributed by atoms with Gasteiger partial charge in [0.05, 0.1) is 6.10 Å².